The minimum atomic E-state index is 0.170. The van der Waals surface area contributed by atoms with Gasteiger partial charge in [-0.15, -0.1) is 0 Å². The molecule has 0 spiro atoms. The molecule has 1 atom stereocenters. The molecule has 13 heavy (non-hydrogen) atoms. The van der Waals surface area contributed by atoms with Crippen molar-refractivity contribution in [3.63, 3.8) is 0 Å². The number of hydrogen-bond acceptors (Lipinski definition) is 2. The van der Waals surface area contributed by atoms with Crippen LogP contribution in [0.2, 0.25) is 0 Å². The third kappa shape index (κ3) is 3.15. The largest absolute Gasteiger partial charge is 0.327 e. The van der Waals surface area contributed by atoms with E-state index in [9.17, 15) is 0 Å². The van der Waals surface area contributed by atoms with Gasteiger partial charge in [-0.2, -0.15) is 0 Å². The standard InChI is InChI=1S/C11H18N2/c1-11(2,3)10(12)8-9-4-6-13-7-5-9/h4-7,10H,8,12H2,1-3H3. The van der Waals surface area contributed by atoms with Gasteiger partial charge in [-0.05, 0) is 29.5 Å². The van der Waals surface area contributed by atoms with Crippen molar-refractivity contribution < 1.29 is 0 Å². The molecule has 0 aliphatic heterocycles. The zero-order chi connectivity index (χ0) is 9.90. The number of nitrogens with two attached hydrogens (primary N) is 1. The number of hydrogen-bond donors (Lipinski definition) is 1. The minimum absolute atomic E-state index is 0.170. The molecular weight excluding hydrogens is 160 g/mol. The van der Waals surface area contributed by atoms with Crippen LogP contribution in [0.4, 0.5) is 0 Å². The molecule has 2 heteroatoms. The van der Waals surface area contributed by atoms with Gasteiger partial charge in [-0.1, -0.05) is 20.8 Å². The summed E-state index contributed by atoms with van der Waals surface area (Å²) in [5.74, 6) is 0. The van der Waals surface area contributed by atoms with Gasteiger partial charge in [0.25, 0.3) is 0 Å². The van der Waals surface area contributed by atoms with Gasteiger partial charge in [0.15, 0.2) is 0 Å². The van der Waals surface area contributed by atoms with Crippen LogP contribution < -0.4 is 5.73 Å². The van der Waals surface area contributed by atoms with E-state index in [-0.39, 0.29) is 11.5 Å². The average Bonchev–Trinajstić information content (AvgIpc) is 2.04. The van der Waals surface area contributed by atoms with E-state index in [1.165, 1.54) is 5.56 Å². The molecule has 0 saturated heterocycles. The van der Waals surface area contributed by atoms with E-state index >= 15 is 0 Å². The molecule has 0 aromatic carbocycles. The predicted molar refractivity (Wildman–Crippen MR) is 55.4 cm³/mol. The summed E-state index contributed by atoms with van der Waals surface area (Å²) in [5.41, 5.74) is 7.49. The molecule has 2 N–H and O–H groups in total. The molecule has 0 bridgehead atoms. The van der Waals surface area contributed by atoms with Crippen LogP contribution >= 0.6 is 0 Å². The molecule has 0 saturated carbocycles. The Kier molecular flexibility index (Phi) is 3.04. The van der Waals surface area contributed by atoms with Crippen LogP contribution in [0, 0.1) is 5.41 Å². The average molecular weight is 178 g/mol. The van der Waals surface area contributed by atoms with E-state index in [1.807, 2.05) is 24.5 Å². The molecular formula is C11H18N2. The highest BCUT2D eigenvalue weighted by molar-refractivity contribution is 5.11. The molecule has 1 rings (SSSR count). The van der Waals surface area contributed by atoms with Crippen LogP contribution in [0.15, 0.2) is 24.5 Å². The molecule has 1 aromatic heterocycles. The van der Waals surface area contributed by atoms with Crippen molar-refractivity contribution in [1.29, 1.82) is 0 Å². The fourth-order valence-electron chi connectivity index (χ4n) is 1.08. The highest BCUT2D eigenvalue weighted by Crippen LogP contribution is 2.20. The van der Waals surface area contributed by atoms with Gasteiger partial charge in [0.05, 0.1) is 0 Å². The fraction of sp³-hybridized carbons (Fsp3) is 0.545. The molecule has 1 aromatic rings. The number of aromatic nitrogens is 1. The highest BCUT2D eigenvalue weighted by atomic mass is 14.7. The third-order valence-corrected chi connectivity index (χ3v) is 2.32. The second-order valence-electron chi connectivity index (χ2n) is 4.53. The van der Waals surface area contributed by atoms with Crippen molar-refractivity contribution in [2.45, 2.75) is 33.2 Å². The summed E-state index contributed by atoms with van der Waals surface area (Å²) in [6, 6.07) is 4.24. The molecule has 2 nitrogen and oxygen atoms in total. The maximum Gasteiger partial charge on any atom is 0.0270 e. The van der Waals surface area contributed by atoms with Crippen molar-refractivity contribution in [1.82, 2.24) is 4.98 Å². The van der Waals surface area contributed by atoms with Crippen LogP contribution in [0.25, 0.3) is 0 Å². The summed E-state index contributed by atoms with van der Waals surface area (Å²) < 4.78 is 0. The highest BCUT2D eigenvalue weighted by Gasteiger charge is 2.20. The number of pyridine rings is 1. The van der Waals surface area contributed by atoms with Crippen molar-refractivity contribution in [2.24, 2.45) is 11.1 Å². The van der Waals surface area contributed by atoms with E-state index in [0.29, 0.717) is 0 Å². The lowest BCUT2D eigenvalue weighted by Crippen LogP contribution is -2.36. The summed E-state index contributed by atoms with van der Waals surface area (Å²) in [7, 11) is 0. The van der Waals surface area contributed by atoms with Crippen LogP contribution in [-0.2, 0) is 6.42 Å². The van der Waals surface area contributed by atoms with E-state index < -0.39 is 0 Å². The molecule has 1 heterocycles. The first-order valence-corrected chi connectivity index (χ1v) is 4.64. The van der Waals surface area contributed by atoms with E-state index in [4.69, 9.17) is 5.73 Å². The Hall–Kier alpha value is -0.890. The van der Waals surface area contributed by atoms with Crippen molar-refractivity contribution in [3.05, 3.63) is 30.1 Å². The molecule has 0 aliphatic rings. The SMILES string of the molecule is CC(C)(C)C(N)Cc1ccncc1. The second-order valence-corrected chi connectivity index (χ2v) is 4.53. The first kappa shape index (κ1) is 10.2. The normalized spacial score (nSPS) is 14.2. The molecule has 0 aliphatic carbocycles. The van der Waals surface area contributed by atoms with Gasteiger partial charge in [0.1, 0.15) is 0 Å². The Bertz CT molecular complexity index is 249. The topological polar surface area (TPSA) is 38.9 Å². The summed E-state index contributed by atoms with van der Waals surface area (Å²) in [6.45, 7) is 6.50. The fourth-order valence-corrected chi connectivity index (χ4v) is 1.08. The number of rotatable bonds is 2. The summed E-state index contributed by atoms with van der Waals surface area (Å²) in [4.78, 5) is 3.97. The van der Waals surface area contributed by atoms with E-state index in [2.05, 4.69) is 25.8 Å². The molecule has 0 amide bonds. The lowest BCUT2D eigenvalue weighted by atomic mass is 9.84. The zero-order valence-corrected chi connectivity index (χ0v) is 8.62. The Morgan fingerprint density at radius 2 is 1.85 bits per heavy atom. The summed E-state index contributed by atoms with van der Waals surface area (Å²) in [5, 5.41) is 0. The maximum atomic E-state index is 6.06. The minimum Gasteiger partial charge on any atom is -0.327 e. The van der Waals surface area contributed by atoms with E-state index in [1.54, 1.807) is 0 Å². The van der Waals surface area contributed by atoms with Crippen LogP contribution in [0.5, 0.6) is 0 Å². The molecule has 0 fully saturated rings. The molecule has 72 valence electrons. The van der Waals surface area contributed by atoms with Crippen LogP contribution in [0.1, 0.15) is 26.3 Å². The molecule has 1 unspecified atom stereocenters. The van der Waals surface area contributed by atoms with Gasteiger partial charge in [0.2, 0.25) is 0 Å². The lowest BCUT2D eigenvalue weighted by molar-refractivity contribution is 0.318. The van der Waals surface area contributed by atoms with Gasteiger partial charge >= 0.3 is 0 Å². The van der Waals surface area contributed by atoms with Gasteiger partial charge in [0, 0.05) is 18.4 Å². The quantitative estimate of drug-likeness (QED) is 0.752. The van der Waals surface area contributed by atoms with Gasteiger partial charge in [-0.3, -0.25) is 4.98 Å². The monoisotopic (exact) mass is 178 g/mol. The lowest BCUT2D eigenvalue weighted by Gasteiger charge is -2.26. The van der Waals surface area contributed by atoms with Crippen molar-refractivity contribution >= 4 is 0 Å². The Balaban J connectivity index is 2.61. The first-order valence-electron chi connectivity index (χ1n) is 4.64. The summed E-state index contributed by atoms with van der Waals surface area (Å²) >= 11 is 0. The zero-order valence-electron chi connectivity index (χ0n) is 8.62. The van der Waals surface area contributed by atoms with Gasteiger partial charge in [-0.25, -0.2) is 0 Å². The van der Waals surface area contributed by atoms with E-state index in [0.717, 1.165) is 6.42 Å². The Morgan fingerprint density at radius 3 is 2.31 bits per heavy atom. The molecule has 0 radical (unpaired) electrons. The first-order chi connectivity index (χ1) is 6.00. The maximum absolute atomic E-state index is 6.06. The second kappa shape index (κ2) is 3.88. The van der Waals surface area contributed by atoms with Crippen molar-refractivity contribution in [3.8, 4) is 0 Å². The predicted octanol–water partition coefficient (Wildman–Crippen LogP) is 2.00. The van der Waals surface area contributed by atoms with Gasteiger partial charge < -0.3 is 5.73 Å². The van der Waals surface area contributed by atoms with Crippen LogP contribution in [-0.4, -0.2) is 11.0 Å². The van der Waals surface area contributed by atoms with Crippen molar-refractivity contribution in [2.75, 3.05) is 0 Å². The summed E-state index contributed by atoms with van der Waals surface area (Å²) in [6.07, 6.45) is 4.54. The number of nitrogens with zero attached hydrogens (tertiary/aromatic N) is 1. The Labute approximate surface area is 80.2 Å². The Morgan fingerprint density at radius 1 is 1.31 bits per heavy atom. The smallest absolute Gasteiger partial charge is 0.0270 e. The third-order valence-electron chi connectivity index (χ3n) is 2.32. The van der Waals surface area contributed by atoms with Crippen LogP contribution in [0.3, 0.4) is 0 Å².